The zero-order valence-corrected chi connectivity index (χ0v) is 15.6. The van der Waals surface area contributed by atoms with Crippen molar-refractivity contribution in [2.75, 3.05) is 24.6 Å². The Bertz CT molecular complexity index is 927. The first-order valence-corrected chi connectivity index (χ1v) is 11.2. The van der Waals surface area contributed by atoms with Gasteiger partial charge in [0.1, 0.15) is 0 Å². The normalized spacial score (nSPS) is 13.8. The third kappa shape index (κ3) is 5.75. The lowest BCUT2D eigenvalue weighted by Crippen LogP contribution is -2.38. The van der Waals surface area contributed by atoms with E-state index in [1.54, 1.807) is 0 Å². The summed E-state index contributed by atoms with van der Waals surface area (Å²) in [6.45, 7) is 1.40. The summed E-state index contributed by atoms with van der Waals surface area (Å²) in [5, 5.41) is 2.05. The zero-order valence-electron chi connectivity index (χ0n) is 14.0. The van der Waals surface area contributed by atoms with Crippen molar-refractivity contribution in [1.82, 2.24) is 9.44 Å². The molecule has 9 heteroatoms. The van der Waals surface area contributed by atoms with Gasteiger partial charge in [0.2, 0.25) is 20.0 Å². The molecular formula is C16H23N3O4S2. The molecule has 0 saturated carbocycles. The van der Waals surface area contributed by atoms with Crippen LogP contribution in [0.1, 0.15) is 18.5 Å². The molecule has 0 aliphatic heterocycles. The predicted molar refractivity (Wildman–Crippen MR) is 100 cm³/mol. The molecule has 138 valence electrons. The SMILES string of the molecule is CCS(=O)(=O)NCCS(=O)(=O)NC(CN)c1ccc2ccccc2c1. The van der Waals surface area contributed by atoms with Gasteiger partial charge in [0.15, 0.2) is 0 Å². The van der Waals surface area contributed by atoms with Crippen molar-refractivity contribution < 1.29 is 16.8 Å². The van der Waals surface area contributed by atoms with Crippen LogP contribution in [0.2, 0.25) is 0 Å². The van der Waals surface area contributed by atoms with E-state index in [4.69, 9.17) is 5.73 Å². The van der Waals surface area contributed by atoms with Gasteiger partial charge in [-0.3, -0.25) is 0 Å². The van der Waals surface area contributed by atoms with E-state index in [0.29, 0.717) is 0 Å². The van der Waals surface area contributed by atoms with Gasteiger partial charge >= 0.3 is 0 Å². The van der Waals surface area contributed by atoms with E-state index < -0.39 is 26.1 Å². The Balaban J connectivity index is 2.08. The highest BCUT2D eigenvalue weighted by Gasteiger charge is 2.19. The van der Waals surface area contributed by atoms with E-state index in [-0.39, 0.29) is 24.6 Å². The molecule has 25 heavy (non-hydrogen) atoms. The molecule has 0 bridgehead atoms. The zero-order chi connectivity index (χ0) is 18.5. The monoisotopic (exact) mass is 385 g/mol. The highest BCUT2D eigenvalue weighted by molar-refractivity contribution is 7.90. The van der Waals surface area contributed by atoms with Gasteiger partial charge in [0.05, 0.1) is 17.5 Å². The average molecular weight is 386 g/mol. The van der Waals surface area contributed by atoms with Crippen LogP contribution in [-0.2, 0) is 20.0 Å². The van der Waals surface area contributed by atoms with Crippen LogP contribution < -0.4 is 15.2 Å². The predicted octanol–water partition coefficient (Wildman–Crippen LogP) is 0.698. The Morgan fingerprint density at radius 1 is 1.00 bits per heavy atom. The molecule has 2 aromatic rings. The summed E-state index contributed by atoms with van der Waals surface area (Å²) in [6.07, 6.45) is 0. The Hall–Kier alpha value is -1.52. The minimum atomic E-state index is -3.68. The van der Waals surface area contributed by atoms with Crippen molar-refractivity contribution >= 4 is 30.8 Å². The van der Waals surface area contributed by atoms with Crippen molar-refractivity contribution in [1.29, 1.82) is 0 Å². The van der Waals surface area contributed by atoms with Gasteiger partial charge in [-0.2, -0.15) is 0 Å². The first-order valence-electron chi connectivity index (χ1n) is 7.92. The number of nitrogens with two attached hydrogens (primary N) is 1. The summed E-state index contributed by atoms with van der Waals surface area (Å²) in [6, 6.07) is 12.8. The van der Waals surface area contributed by atoms with E-state index in [2.05, 4.69) is 9.44 Å². The van der Waals surface area contributed by atoms with Crippen LogP contribution in [0.4, 0.5) is 0 Å². The van der Waals surface area contributed by atoms with E-state index in [1.165, 1.54) is 6.92 Å². The van der Waals surface area contributed by atoms with Crippen molar-refractivity contribution in [3.05, 3.63) is 48.0 Å². The van der Waals surface area contributed by atoms with E-state index >= 15 is 0 Å². The maximum Gasteiger partial charge on any atom is 0.213 e. The minimum absolute atomic E-state index is 0.0943. The molecule has 2 aromatic carbocycles. The molecule has 0 aromatic heterocycles. The van der Waals surface area contributed by atoms with Crippen LogP contribution in [0.5, 0.6) is 0 Å². The van der Waals surface area contributed by atoms with Crippen LogP contribution in [0.3, 0.4) is 0 Å². The molecule has 0 amide bonds. The van der Waals surface area contributed by atoms with E-state index in [9.17, 15) is 16.8 Å². The molecule has 0 aliphatic rings. The smallest absolute Gasteiger partial charge is 0.213 e. The van der Waals surface area contributed by atoms with Gasteiger partial charge in [0.25, 0.3) is 0 Å². The van der Waals surface area contributed by atoms with Gasteiger partial charge in [0, 0.05) is 13.1 Å². The number of hydrogen-bond donors (Lipinski definition) is 3. The molecule has 7 nitrogen and oxygen atoms in total. The molecule has 4 N–H and O–H groups in total. The molecule has 1 unspecified atom stereocenters. The second-order valence-corrected chi connectivity index (χ2v) is 9.60. The maximum atomic E-state index is 12.2. The number of fused-ring (bicyclic) bond motifs is 1. The molecule has 0 fully saturated rings. The van der Waals surface area contributed by atoms with Crippen LogP contribution in [-0.4, -0.2) is 41.4 Å². The second kappa shape index (κ2) is 8.24. The molecule has 2 rings (SSSR count). The third-order valence-electron chi connectivity index (χ3n) is 3.81. The Labute approximate surface area is 148 Å². The Morgan fingerprint density at radius 3 is 2.32 bits per heavy atom. The number of hydrogen-bond acceptors (Lipinski definition) is 5. The summed E-state index contributed by atoms with van der Waals surface area (Å²) in [7, 11) is -7.10. The van der Waals surface area contributed by atoms with Crippen molar-refractivity contribution in [3.63, 3.8) is 0 Å². The standard InChI is InChI=1S/C16H23N3O4S2/c1-2-24(20,21)18-9-10-25(22,23)19-16(12-17)15-8-7-13-5-3-4-6-14(13)11-15/h3-8,11,16,18-19H,2,9-10,12,17H2,1H3. The van der Waals surface area contributed by atoms with E-state index in [1.807, 2.05) is 42.5 Å². The van der Waals surface area contributed by atoms with Gasteiger partial charge in [-0.15, -0.1) is 0 Å². The highest BCUT2D eigenvalue weighted by Crippen LogP contribution is 2.20. The minimum Gasteiger partial charge on any atom is -0.329 e. The lowest BCUT2D eigenvalue weighted by molar-refractivity contribution is 0.556. The molecule has 0 heterocycles. The lowest BCUT2D eigenvalue weighted by Gasteiger charge is -2.18. The summed E-state index contributed by atoms with van der Waals surface area (Å²) in [5.74, 6) is -0.445. The van der Waals surface area contributed by atoms with Crippen LogP contribution in [0.25, 0.3) is 10.8 Å². The van der Waals surface area contributed by atoms with Crippen LogP contribution in [0, 0.1) is 0 Å². The number of rotatable bonds is 9. The summed E-state index contributed by atoms with van der Waals surface area (Å²) in [4.78, 5) is 0. The summed E-state index contributed by atoms with van der Waals surface area (Å²) in [5.41, 5.74) is 6.50. The number of nitrogens with one attached hydrogen (secondary N) is 2. The largest absolute Gasteiger partial charge is 0.329 e. The van der Waals surface area contributed by atoms with Crippen molar-refractivity contribution in [2.24, 2.45) is 5.73 Å². The highest BCUT2D eigenvalue weighted by atomic mass is 32.2. The molecule has 0 saturated heterocycles. The molecule has 0 aliphatic carbocycles. The average Bonchev–Trinajstić information content (AvgIpc) is 2.59. The van der Waals surface area contributed by atoms with Crippen molar-refractivity contribution in [2.45, 2.75) is 13.0 Å². The quantitative estimate of drug-likeness (QED) is 0.587. The lowest BCUT2D eigenvalue weighted by atomic mass is 10.0. The summed E-state index contributed by atoms with van der Waals surface area (Å²) >= 11 is 0. The van der Waals surface area contributed by atoms with Gasteiger partial charge < -0.3 is 5.73 Å². The van der Waals surface area contributed by atoms with Gasteiger partial charge in [-0.1, -0.05) is 36.4 Å². The number of benzene rings is 2. The van der Waals surface area contributed by atoms with Crippen molar-refractivity contribution in [3.8, 4) is 0 Å². The summed E-state index contributed by atoms with van der Waals surface area (Å²) < 4.78 is 51.9. The molecular weight excluding hydrogens is 362 g/mol. The first-order chi connectivity index (χ1) is 11.8. The third-order valence-corrected chi connectivity index (χ3v) is 6.60. The molecule has 0 radical (unpaired) electrons. The number of sulfonamides is 2. The topological polar surface area (TPSA) is 118 Å². The maximum absolute atomic E-state index is 12.2. The fourth-order valence-electron chi connectivity index (χ4n) is 2.39. The Morgan fingerprint density at radius 2 is 1.68 bits per heavy atom. The van der Waals surface area contributed by atoms with Crippen LogP contribution >= 0.6 is 0 Å². The van der Waals surface area contributed by atoms with Crippen LogP contribution in [0.15, 0.2) is 42.5 Å². The second-order valence-electron chi connectivity index (χ2n) is 5.63. The fourth-order valence-corrected chi connectivity index (χ4v) is 4.29. The first kappa shape index (κ1) is 19.8. The molecule has 1 atom stereocenters. The fraction of sp³-hybridized carbons (Fsp3) is 0.375. The molecule has 0 spiro atoms. The van der Waals surface area contributed by atoms with Gasteiger partial charge in [-0.05, 0) is 29.3 Å². The van der Waals surface area contributed by atoms with E-state index in [0.717, 1.165) is 16.3 Å². The Kier molecular flexibility index (Phi) is 6.53. The van der Waals surface area contributed by atoms with Gasteiger partial charge in [-0.25, -0.2) is 26.3 Å².